The molecule has 0 fully saturated rings. The van der Waals surface area contributed by atoms with Gasteiger partial charge in [0.25, 0.3) is 0 Å². The molecule has 0 aromatic carbocycles. The summed E-state index contributed by atoms with van der Waals surface area (Å²) >= 11 is 0. The zero-order valence-electron chi connectivity index (χ0n) is 60.5. The molecule has 97 heavy (non-hydrogen) atoms. The fourth-order valence-electron chi connectivity index (χ4n) is 9.61. The van der Waals surface area contributed by atoms with Crippen molar-refractivity contribution in [1.29, 1.82) is 0 Å². The molecule has 0 aromatic heterocycles. The molecule has 0 heterocycles. The summed E-state index contributed by atoms with van der Waals surface area (Å²) in [5.41, 5.74) is 0. The molecule has 0 radical (unpaired) electrons. The van der Waals surface area contributed by atoms with Gasteiger partial charge in [-0.25, -0.2) is 9.13 Å². The third-order valence-corrected chi connectivity index (χ3v) is 17.2. The van der Waals surface area contributed by atoms with Crippen LogP contribution in [0.25, 0.3) is 0 Å². The first-order valence-corrected chi connectivity index (χ1v) is 40.5. The largest absolute Gasteiger partial charge is 0.472 e. The SMILES string of the molecule is CC/C=C\C/C=C\C/C=C\C/C=C\C/C=C\C/C=C\CCCCCCCCCCC(=O)OCC(O)COP(=O)(O)OCC(O)COP(=O)(O)OCC(COC(=O)CCCCCCC/C=C\C/C=C\C/C=C\C/C=C\CCCCC)OC(=O)CCCCCCC/C=C\CCCCCC. The molecule has 0 aromatic rings. The first-order valence-electron chi connectivity index (χ1n) is 37.5. The van der Waals surface area contributed by atoms with Crippen molar-refractivity contribution in [3.63, 3.8) is 0 Å². The smallest absolute Gasteiger partial charge is 0.463 e. The number of phosphoric ester groups is 2. The normalized spacial score (nSPS) is 14.8. The molecule has 0 aliphatic rings. The van der Waals surface area contributed by atoms with E-state index in [0.717, 1.165) is 161 Å². The Morgan fingerprint density at radius 3 is 0.897 bits per heavy atom. The number of carbonyl (C=O) groups excluding carboxylic acids is 3. The lowest BCUT2D eigenvalue weighted by atomic mass is 10.1. The average Bonchev–Trinajstić information content (AvgIpc) is 1.63. The summed E-state index contributed by atoms with van der Waals surface area (Å²) in [6.07, 6.45) is 85.0. The van der Waals surface area contributed by atoms with E-state index in [-0.39, 0.29) is 19.3 Å². The van der Waals surface area contributed by atoms with Crippen molar-refractivity contribution in [2.75, 3.05) is 39.6 Å². The van der Waals surface area contributed by atoms with E-state index in [1.165, 1.54) is 70.6 Å². The minimum atomic E-state index is -4.94. The molecule has 0 bridgehead atoms. The Balaban J connectivity index is 4.58. The molecule has 4 N–H and O–H groups in total. The van der Waals surface area contributed by atoms with Crippen LogP contribution in [0.4, 0.5) is 0 Å². The molecule has 0 aliphatic heterocycles. The van der Waals surface area contributed by atoms with E-state index < -0.39 is 91.5 Å². The molecule has 5 atom stereocenters. The molecule has 5 unspecified atom stereocenters. The minimum Gasteiger partial charge on any atom is -0.463 e. The summed E-state index contributed by atoms with van der Waals surface area (Å²) in [6.45, 7) is 2.47. The van der Waals surface area contributed by atoms with Gasteiger partial charge in [0, 0.05) is 19.3 Å². The summed E-state index contributed by atoms with van der Waals surface area (Å²) < 4.78 is 61.0. The maximum absolute atomic E-state index is 12.9. The summed E-state index contributed by atoms with van der Waals surface area (Å²) in [5, 5.41) is 20.6. The van der Waals surface area contributed by atoms with Crippen LogP contribution in [0, 0.1) is 0 Å². The number of carbonyl (C=O) groups is 3. The average molecular weight is 1400 g/mol. The van der Waals surface area contributed by atoms with Crippen molar-refractivity contribution in [3.8, 4) is 0 Å². The maximum atomic E-state index is 12.9. The Morgan fingerprint density at radius 2 is 0.546 bits per heavy atom. The standard InChI is InChI=1S/C79H134O16P2/c1-4-7-10-13-16-19-22-25-27-29-31-33-34-35-36-37-38-40-42-43-45-48-50-53-56-59-62-65-77(82)89-68-74(80)69-91-96(85,86)92-70-75(81)71-93-97(87,88)94-73-76(95-79(84)67-64-61-58-55-52-47-24-21-18-15-12-9-6-3)72-90-78(83)66-63-60-57-54-51-49-46-44-41-39-32-30-28-26-23-20-17-14-11-8-5-2/h7,10,16-17,19-21,24-28,31-33,35-36,38-40,44,46,74-76,80-81H,4-6,8-9,11-15,18,22-23,29-30,34,37,41-43,45,47-73H2,1-3H3,(H,85,86)(H,87,88)/b10-7-,19-16-,20-17-,24-21-,27-25-,28-26-,33-31-,36-35-,39-32-,40-38-,46-44-. The van der Waals surface area contributed by atoms with Crippen LogP contribution in [0.2, 0.25) is 0 Å². The lowest BCUT2D eigenvalue weighted by Gasteiger charge is -2.21. The van der Waals surface area contributed by atoms with Crippen LogP contribution in [0.3, 0.4) is 0 Å². The number of allylic oxidation sites excluding steroid dienone is 22. The van der Waals surface area contributed by atoms with Gasteiger partial charge in [-0.2, -0.15) is 0 Å². The second kappa shape index (κ2) is 71.5. The molecule has 0 rings (SSSR count). The number of aliphatic hydroxyl groups excluding tert-OH is 2. The van der Waals surface area contributed by atoms with Gasteiger partial charge in [-0.3, -0.25) is 32.5 Å². The number of hydrogen-bond acceptors (Lipinski definition) is 14. The number of unbranched alkanes of at least 4 members (excludes halogenated alkanes) is 25. The van der Waals surface area contributed by atoms with Crippen LogP contribution in [-0.2, 0) is 55.8 Å². The quantitative estimate of drug-likeness (QED) is 0.0146. The molecule has 556 valence electrons. The zero-order valence-corrected chi connectivity index (χ0v) is 62.2. The molecule has 0 spiro atoms. The van der Waals surface area contributed by atoms with Gasteiger partial charge in [-0.15, -0.1) is 0 Å². The Bertz CT molecular complexity index is 2300. The third-order valence-electron chi connectivity index (χ3n) is 15.3. The summed E-state index contributed by atoms with van der Waals surface area (Å²) in [5.74, 6) is -1.62. The van der Waals surface area contributed by atoms with Crippen LogP contribution in [0.1, 0.15) is 290 Å². The lowest BCUT2D eigenvalue weighted by molar-refractivity contribution is -0.161. The third kappa shape index (κ3) is 72.8. The second-order valence-corrected chi connectivity index (χ2v) is 27.6. The van der Waals surface area contributed by atoms with E-state index in [4.69, 9.17) is 32.3 Å². The fraction of sp³-hybridized carbons (Fsp3) is 0.684. The first-order chi connectivity index (χ1) is 47.2. The molecule has 18 heteroatoms. The number of hydrogen-bond donors (Lipinski definition) is 4. The minimum absolute atomic E-state index is 0.0875. The van der Waals surface area contributed by atoms with Crippen molar-refractivity contribution in [2.45, 2.75) is 309 Å². The predicted octanol–water partition coefficient (Wildman–Crippen LogP) is 21.5. The molecular formula is C79H134O16P2. The second-order valence-electron chi connectivity index (χ2n) is 24.7. The summed E-state index contributed by atoms with van der Waals surface area (Å²) in [7, 11) is -9.80. The molecular weight excluding hydrogens is 1270 g/mol. The number of aliphatic hydroxyl groups is 2. The van der Waals surface area contributed by atoms with Gasteiger partial charge in [-0.05, 0) is 141 Å². The van der Waals surface area contributed by atoms with Crippen LogP contribution in [0.15, 0.2) is 134 Å². The monoisotopic (exact) mass is 1400 g/mol. The van der Waals surface area contributed by atoms with E-state index in [1.54, 1.807) is 0 Å². The number of rotatable bonds is 70. The van der Waals surface area contributed by atoms with Crippen LogP contribution in [0.5, 0.6) is 0 Å². The highest BCUT2D eigenvalue weighted by atomic mass is 31.2. The van der Waals surface area contributed by atoms with Gasteiger partial charge in [0.15, 0.2) is 6.10 Å². The van der Waals surface area contributed by atoms with Crippen LogP contribution < -0.4 is 0 Å². The molecule has 0 saturated carbocycles. The van der Waals surface area contributed by atoms with Crippen LogP contribution in [-0.4, -0.2) is 95.9 Å². The molecule has 0 aliphatic carbocycles. The first kappa shape index (κ1) is 92.7. The molecule has 16 nitrogen and oxygen atoms in total. The van der Waals surface area contributed by atoms with E-state index in [1.807, 2.05) is 0 Å². The number of ether oxygens (including phenoxy) is 3. The van der Waals surface area contributed by atoms with Crippen molar-refractivity contribution < 1.29 is 75.8 Å². The van der Waals surface area contributed by atoms with Gasteiger partial charge in [0.2, 0.25) is 0 Å². The maximum Gasteiger partial charge on any atom is 0.472 e. The van der Waals surface area contributed by atoms with E-state index in [9.17, 15) is 43.5 Å². The fourth-order valence-corrected chi connectivity index (χ4v) is 11.2. The van der Waals surface area contributed by atoms with Crippen molar-refractivity contribution in [2.24, 2.45) is 0 Å². The van der Waals surface area contributed by atoms with E-state index >= 15 is 0 Å². The molecule has 0 saturated heterocycles. The summed E-state index contributed by atoms with van der Waals surface area (Å²) in [6, 6.07) is 0. The Morgan fingerprint density at radius 1 is 0.299 bits per heavy atom. The molecule has 0 amide bonds. The van der Waals surface area contributed by atoms with Crippen molar-refractivity contribution in [3.05, 3.63) is 134 Å². The highest BCUT2D eigenvalue weighted by Crippen LogP contribution is 2.45. The van der Waals surface area contributed by atoms with E-state index in [2.05, 4.69) is 154 Å². The summed E-state index contributed by atoms with van der Waals surface area (Å²) in [4.78, 5) is 58.5. The Labute approximate surface area is 588 Å². The van der Waals surface area contributed by atoms with Gasteiger partial charge in [-0.1, -0.05) is 264 Å². The highest BCUT2D eigenvalue weighted by Gasteiger charge is 2.29. The van der Waals surface area contributed by atoms with Gasteiger partial charge in [0.05, 0.1) is 26.4 Å². The van der Waals surface area contributed by atoms with Crippen LogP contribution >= 0.6 is 15.6 Å². The number of esters is 3. The topological polar surface area (TPSA) is 231 Å². The predicted molar refractivity (Wildman–Crippen MR) is 399 cm³/mol. The Hall–Kier alpha value is -4.31. The van der Waals surface area contributed by atoms with E-state index in [0.29, 0.717) is 19.3 Å². The van der Waals surface area contributed by atoms with Crippen molar-refractivity contribution in [1.82, 2.24) is 0 Å². The van der Waals surface area contributed by atoms with Gasteiger partial charge in [0.1, 0.15) is 25.4 Å². The number of phosphoric acid groups is 2. The Kier molecular flexibility index (Phi) is 68.3. The zero-order chi connectivity index (χ0) is 70.9. The van der Waals surface area contributed by atoms with Crippen molar-refractivity contribution >= 4 is 33.6 Å². The van der Waals surface area contributed by atoms with Gasteiger partial charge < -0.3 is 34.2 Å². The van der Waals surface area contributed by atoms with Gasteiger partial charge >= 0.3 is 33.6 Å². The highest BCUT2D eigenvalue weighted by molar-refractivity contribution is 7.47. The lowest BCUT2D eigenvalue weighted by Crippen LogP contribution is -2.30.